The van der Waals surface area contributed by atoms with E-state index in [0.29, 0.717) is 25.2 Å². The topological polar surface area (TPSA) is 37.8 Å². The summed E-state index contributed by atoms with van der Waals surface area (Å²) in [6.45, 7) is 0.923. The molecule has 0 bridgehead atoms. The van der Waals surface area contributed by atoms with Gasteiger partial charge in [-0.1, -0.05) is 11.8 Å². The van der Waals surface area contributed by atoms with Gasteiger partial charge in [0, 0.05) is 12.1 Å². The largest absolute Gasteiger partial charge is 0.433 e. The van der Waals surface area contributed by atoms with Crippen molar-refractivity contribution in [3.8, 4) is 0 Å². The molecule has 0 spiro atoms. The van der Waals surface area contributed by atoms with E-state index in [1.165, 1.54) is 0 Å². The van der Waals surface area contributed by atoms with Gasteiger partial charge >= 0.3 is 6.18 Å². The minimum Gasteiger partial charge on any atom is -0.311 e. The number of halogens is 3. The molecule has 2 heterocycles. The van der Waals surface area contributed by atoms with Crippen LogP contribution in [0.3, 0.4) is 0 Å². The number of nitrogens with one attached hydrogen (secondary N) is 1. The van der Waals surface area contributed by atoms with Gasteiger partial charge < -0.3 is 5.32 Å². The van der Waals surface area contributed by atoms with Gasteiger partial charge in [0.25, 0.3) is 0 Å². The summed E-state index contributed by atoms with van der Waals surface area (Å²) in [5.41, 5.74) is -0.0645. The van der Waals surface area contributed by atoms with E-state index in [-0.39, 0.29) is 10.7 Å². The number of hydrogen-bond acceptors (Lipinski definition) is 4. The molecular weight excluding hydrogens is 239 g/mol. The van der Waals surface area contributed by atoms with Crippen LogP contribution >= 0.6 is 11.8 Å². The maximum atomic E-state index is 12.8. The maximum Gasteiger partial charge on any atom is 0.433 e. The van der Waals surface area contributed by atoms with E-state index < -0.39 is 11.9 Å². The molecule has 1 aliphatic heterocycles. The van der Waals surface area contributed by atoms with Crippen LogP contribution in [-0.4, -0.2) is 22.8 Å². The number of thioether (sulfide) groups is 1. The van der Waals surface area contributed by atoms with Crippen molar-refractivity contribution in [2.75, 3.05) is 12.8 Å². The first kappa shape index (κ1) is 11.7. The van der Waals surface area contributed by atoms with Crippen molar-refractivity contribution >= 4 is 11.8 Å². The number of nitrogens with zero attached hydrogens (tertiary/aromatic N) is 2. The minimum atomic E-state index is -4.39. The lowest BCUT2D eigenvalue weighted by Gasteiger charge is -2.20. The first-order chi connectivity index (χ1) is 7.52. The first-order valence-corrected chi connectivity index (χ1v) is 5.96. The third-order valence-electron chi connectivity index (χ3n) is 2.37. The Morgan fingerprint density at radius 3 is 2.69 bits per heavy atom. The Morgan fingerprint density at radius 1 is 1.31 bits per heavy atom. The summed E-state index contributed by atoms with van der Waals surface area (Å²) in [6.07, 6.45) is -2.40. The van der Waals surface area contributed by atoms with Crippen LogP contribution in [0.25, 0.3) is 0 Å². The highest BCUT2D eigenvalue weighted by Gasteiger charge is 2.37. The average molecular weight is 249 g/mol. The molecule has 1 aromatic heterocycles. The Bertz CT molecular complexity index is 406. The summed E-state index contributed by atoms with van der Waals surface area (Å²) in [5, 5.41) is 3.18. The minimum absolute atomic E-state index is 0.176. The number of aromatic nitrogens is 2. The van der Waals surface area contributed by atoms with Crippen molar-refractivity contribution < 1.29 is 13.2 Å². The fourth-order valence-electron chi connectivity index (χ4n) is 1.66. The number of rotatable bonds is 1. The van der Waals surface area contributed by atoms with Crippen molar-refractivity contribution in [1.82, 2.24) is 15.3 Å². The molecule has 16 heavy (non-hydrogen) atoms. The normalized spacial score (nSPS) is 16.0. The second kappa shape index (κ2) is 4.21. The fourth-order valence-corrected chi connectivity index (χ4v) is 2.05. The molecule has 0 aliphatic carbocycles. The molecule has 0 amide bonds. The van der Waals surface area contributed by atoms with Crippen LogP contribution in [-0.2, 0) is 19.1 Å². The molecule has 0 atom stereocenters. The van der Waals surface area contributed by atoms with E-state index in [4.69, 9.17) is 0 Å². The Balaban J connectivity index is 2.56. The predicted molar refractivity (Wildman–Crippen MR) is 54.2 cm³/mol. The molecule has 1 aromatic rings. The fraction of sp³-hybridized carbons (Fsp3) is 0.556. The SMILES string of the molecule is CSc1nc2c(c(C(F)(F)F)n1)CCNC2. The molecule has 2 rings (SSSR count). The zero-order chi connectivity index (χ0) is 11.8. The van der Waals surface area contributed by atoms with Gasteiger partial charge in [-0.3, -0.25) is 0 Å². The summed E-state index contributed by atoms with van der Waals surface area (Å²) in [4.78, 5) is 7.67. The van der Waals surface area contributed by atoms with Crippen LogP contribution in [0.15, 0.2) is 5.16 Å². The van der Waals surface area contributed by atoms with Gasteiger partial charge in [0.1, 0.15) is 0 Å². The van der Waals surface area contributed by atoms with Gasteiger partial charge in [0.05, 0.1) is 5.69 Å². The molecule has 0 radical (unpaired) electrons. The molecule has 0 saturated carbocycles. The van der Waals surface area contributed by atoms with Crippen LogP contribution in [0.1, 0.15) is 17.0 Å². The monoisotopic (exact) mass is 249 g/mol. The van der Waals surface area contributed by atoms with Crippen molar-refractivity contribution in [3.05, 3.63) is 17.0 Å². The summed E-state index contributed by atoms with van der Waals surface area (Å²) in [5.74, 6) is 0. The van der Waals surface area contributed by atoms with Crippen LogP contribution in [0, 0.1) is 0 Å². The van der Waals surface area contributed by atoms with E-state index in [9.17, 15) is 13.2 Å². The highest BCUT2D eigenvalue weighted by atomic mass is 32.2. The highest BCUT2D eigenvalue weighted by Crippen LogP contribution is 2.33. The Morgan fingerprint density at radius 2 is 2.06 bits per heavy atom. The molecule has 0 fully saturated rings. The Kier molecular flexibility index (Phi) is 3.07. The zero-order valence-electron chi connectivity index (χ0n) is 8.56. The molecule has 0 aromatic carbocycles. The van der Waals surface area contributed by atoms with Gasteiger partial charge in [0.15, 0.2) is 10.9 Å². The first-order valence-electron chi connectivity index (χ1n) is 4.74. The predicted octanol–water partition coefficient (Wildman–Crippen LogP) is 1.86. The summed E-state index contributed by atoms with van der Waals surface area (Å²) >= 11 is 1.12. The van der Waals surface area contributed by atoms with Crippen molar-refractivity contribution in [1.29, 1.82) is 0 Å². The van der Waals surface area contributed by atoms with Gasteiger partial charge in [-0.25, -0.2) is 9.97 Å². The lowest BCUT2D eigenvalue weighted by atomic mass is 10.0. The number of fused-ring (bicyclic) bond motifs is 1. The molecule has 0 saturated heterocycles. The Hall–Kier alpha value is -0.820. The summed E-state index contributed by atoms with van der Waals surface area (Å²) in [6, 6.07) is 0. The maximum absolute atomic E-state index is 12.8. The standard InChI is InChI=1S/C9H10F3N3S/c1-16-8-14-6-4-13-3-2-5(6)7(15-8)9(10,11)12/h13H,2-4H2,1H3. The van der Waals surface area contributed by atoms with Gasteiger partial charge in [-0.05, 0) is 19.2 Å². The summed E-state index contributed by atoms with van der Waals surface area (Å²) in [7, 11) is 0. The van der Waals surface area contributed by atoms with Crippen molar-refractivity contribution in [3.63, 3.8) is 0 Å². The third-order valence-corrected chi connectivity index (χ3v) is 2.92. The van der Waals surface area contributed by atoms with Crippen LogP contribution in [0.5, 0.6) is 0 Å². The molecule has 1 aliphatic rings. The second-order valence-electron chi connectivity index (χ2n) is 3.41. The third kappa shape index (κ3) is 2.15. The molecule has 0 unspecified atom stereocenters. The van der Waals surface area contributed by atoms with Crippen molar-refractivity contribution in [2.24, 2.45) is 0 Å². The van der Waals surface area contributed by atoms with Crippen LogP contribution < -0.4 is 5.32 Å². The van der Waals surface area contributed by atoms with Crippen LogP contribution in [0.2, 0.25) is 0 Å². The molecule has 7 heteroatoms. The quantitative estimate of drug-likeness (QED) is 0.609. The van der Waals surface area contributed by atoms with E-state index >= 15 is 0 Å². The van der Waals surface area contributed by atoms with E-state index in [0.717, 1.165) is 11.8 Å². The lowest BCUT2D eigenvalue weighted by molar-refractivity contribution is -0.142. The van der Waals surface area contributed by atoms with Gasteiger partial charge in [-0.2, -0.15) is 13.2 Å². The molecular formula is C9H10F3N3S. The molecule has 1 N–H and O–H groups in total. The molecule has 88 valence electrons. The molecule has 3 nitrogen and oxygen atoms in total. The second-order valence-corrected chi connectivity index (χ2v) is 4.18. The van der Waals surface area contributed by atoms with E-state index in [1.807, 2.05) is 0 Å². The lowest BCUT2D eigenvalue weighted by Crippen LogP contribution is -2.28. The Labute approximate surface area is 94.9 Å². The van der Waals surface area contributed by atoms with Crippen molar-refractivity contribution in [2.45, 2.75) is 24.3 Å². The average Bonchev–Trinajstić information content (AvgIpc) is 2.26. The van der Waals surface area contributed by atoms with E-state index in [2.05, 4.69) is 15.3 Å². The number of hydrogen-bond donors (Lipinski definition) is 1. The van der Waals surface area contributed by atoms with E-state index in [1.54, 1.807) is 6.26 Å². The van der Waals surface area contributed by atoms with Crippen LogP contribution in [0.4, 0.5) is 13.2 Å². The van der Waals surface area contributed by atoms with Gasteiger partial charge in [0.2, 0.25) is 0 Å². The smallest absolute Gasteiger partial charge is 0.311 e. The zero-order valence-corrected chi connectivity index (χ0v) is 9.37. The summed E-state index contributed by atoms with van der Waals surface area (Å²) < 4.78 is 38.3. The van der Waals surface area contributed by atoms with Gasteiger partial charge in [-0.15, -0.1) is 0 Å². The highest BCUT2D eigenvalue weighted by molar-refractivity contribution is 7.98. The number of alkyl halides is 3.